The molecule has 0 spiro atoms. The second-order valence-electron chi connectivity index (χ2n) is 5.78. The van der Waals surface area contributed by atoms with E-state index in [1.54, 1.807) is 0 Å². The molecule has 2 unspecified atom stereocenters. The molecule has 1 saturated heterocycles. The number of halogens is 1. The second kappa shape index (κ2) is 6.17. The van der Waals surface area contributed by atoms with Crippen LogP contribution in [0.4, 0.5) is 0 Å². The molecule has 2 aromatic rings. The summed E-state index contributed by atoms with van der Waals surface area (Å²) in [6, 6.07) is 8.60. The van der Waals surface area contributed by atoms with E-state index < -0.39 is 0 Å². The van der Waals surface area contributed by atoms with Crippen molar-refractivity contribution < 1.29 is 4.42 Å². The van der Waals surface area contributed by atoms with E-state index in [1.807, 2.05) is 12.1 Å². The average Bonchev–Trinajstić information content (AvgIpc) is 2.96. The van der Waals surface area contributed by atoms with Gasteiger partial charge in [0.2, 0.25) is 0 Å². The van der Waals surface area contributed by atoms with Crippen molar-refractivity contribution in [2.24, 2.45) is 11.7 Å². The normalized spacial score (nSPS) is 21.1. The molecule has 0 radical (unpaired) electrons. The third-order valence-corrected chi connectivity index (χ3v) is 4.33. The first kappa shape index (κ1) is 15.4. The number of aryl methyl sites for hydroxylation is 1. The van der Waals surface area contributed by atoms with Crippen molar-refractivity contribution in [2.45, 2.75) is 32.9 Å². The Morgan fingerprint density at radius 2 is 2.15 bits per heavy atom. The fourth-order valence-corrected chi connectivity index (χ4v) is 3.08. The van der Waals surface area contributed by atoms with Crippen LogP contribution in [0, 0.1) is 12.8 Å². The number of benzene rings is 1. The van der Waals surface area contributed by atoms with Crippen LogP contribution in [0.15, 0.2) is 28.7 Å². The number of rotatable bonds is 3. The number of hydrogen-bond acceptors (Lipinski definition) is 3. The van der Waals surface area contributed by atoms with Crippen LogP contribution < -0.4 is 5.73 Å². The molecule has 0 amide bonds. The summed E-state index contributed by atoms with van der Waals surface area (Å²) in [5, 5.41) is 1.25. The molecule has 2 atom stereocenters. The molecule has 1 aromatic heterocycles. The van der Waals surface area contributed by atoms with E-state index in [1.165, 1.54) is 17.4 Å². The number of furan rings is 1. The van der Waals surface area contributed by atoms with Crippen molar-refractivity contribution in [2.75, 3.05) is 13.1 Å². The smallest absolute Gasteiger partial charge is 0.134 e. The summed E-state index contributed by atoms with van der Waals surface area (Å²) in [6.45, 7) is 7.41. The second-order valence-corrected chi connectivity index (χ2v) is 5.78. The predicted octanol–water partition coefficient (Wildman–Crippen LogP) is 3.33. The molecule has 1 aliphatic heterocycles. The lowest BCUT2D eigenvalue weighted by atomic mass is 10.0. The molecule has 4 heteroatoms. The van der Waals surface area contributed by atoms with Crippen molar-refractivity contribution >= 4 is 23.4 Å². The molecule has 2 N–H and O–H groups in total. The molecule has 2 heterocycles. The SMILES string of the molecule is Cc1oc2ccccc2c1CN1CCC(C(C)N)C1.Cl. The van der Waals surface area contributed by atoms with Gasteiger partial charge in [-0.25, -0.2) is 0 Å². The molecule has 0 bridgehead atoms. The van der Waals surface area contributed by atoms with Crippen LogP contribution >= 0.6 is 12.4 Å². The van der Waals surface area contributed by atoms with E-state index in [-0.39, 0.29) is 12.4 Å². The van der Waals surface area contributed by atoms with E-state index in [9.17, 15) is 0 Å². The predicted molar refractivity (Wildman–Crippen MR) is 85.2 cm³/mol. The van der Waals surface area contributed by atoms with Gasteiger partial charge >= 0.3 is 0 Å². The minimum Gasteiger partial charge on any atom is -0.461 e. The van der Waals surface area contributed by atoms with Gasteiger partial charge in [-0.05, 0) is 38.8 Å². The zero-order valence-corrected chi connectivity index (χ0v) is 13.0. The monoisotopic (exact) mass is 294 g/mol. The molecule has 20 heavy (non-hydrogen) atoms. The summed E-state index contributed by atoms with van der Waals surface area (Å²) in [5.41, 5.74) is 8.34. The van der Waals surface area contributed by atoms with Gasteiger partial charge in [0.05, 0.1) is 0 Å². The number of likely N-dealkylation sites (tertiary alicyclic amines) is 1. The van der Waals surface area contributed by atoms with E-state index in [2.05, 4.69) is 30.9 Å². The highest BCUT2D eigenvalue weighted by Crippen LogP contribution is 2.28. The van der Waals surface area contributed by atoms with Gasteiger partial charge in [-0.1, -0.05) is 18.2 Å². The van der Waals surface area contributed by atoms with Crippen LogP contribution in [0.2, 0.25) is 0 Å². The van der Waals surface area contributed by atoms with Crippen molar-refractivity contribution in [3.05, 3.63) is 35.6 Å². The summed E-state index contributed by atoms with van der Waals surface area (Å²) in [7, 11) is 0. The van der Waals surface area contributed by atoms with Crippen LogP contribution in [-0.4, -0.2) is 24.0 Å². The topological polar surface area (TPSA) is 42.4 Å². The van der Waals surface area contributed by atoms with Crippen molar-refractivity contribution in [1.82, 2.24) is 4.90 Å². The number of hydrogen-bond donors (Lipinski definition) is 1. The van der Waals surface area contributed by atoms with Gasteiger partial charge in [0.1, 0.15) is 11.3 Å². The Hall–Kier alpha value is -1.03. The number of fused-ring (bicyclic) bond motifs is 1. The summed E-state index contributed by atoms with van der Waals surface area (Å²) >= 11 is 0. The fraction of sp³-hybridized carbons (Fsp3) is 0.500. The zero-order chi connectivity index (χ0) is 13.4. The van der Waals surface area contributed by atoms with E-state index in [0.29, 0.717) is 12.0 Å². The van der Waals surface area contributed by atoms with Crippen LogP contribution in [0.3, 0.4) is 0 Å². The summed E-state index contributed by atoms with van der Waals surface area (Å²) in [5.74, 6) is 1.68. The van der Waals surface area contributed by atoms with Gasteiger partial charge in [0, 0.05) is 30.1 Å². The molecule has 1 fully saturated rings. The third-order valence-electron chi connectivity index (χ3n) is 4.33. The summed E-state index contributed by atoms with van der Waals surface area (Å²) in [6.07, 6.45) is 1.21. The van der Waals surface area contributed by atoms with Gasteiger partial charge in [-0.2, -0.15) is 0 Å². The van der Waals surface area contributed by atoms with Gasteiger partial charge in [-0.3, -0.25) is 4.90 Å². The Morgan fingerprint density at radius 3 is 2.85 bits per heavy atom. The first-order valence-corrected chi connectivity index (χ1v) is 7.10. The van der Waals surface area contributed by atoms with E-state index in [4.69, 9.17) is 10.2 Å². The van der Waals surface area contributed by atoms with Gasteiger partial charge < -0.3 is 10.2 Å². The lowest BCUT2D eigenvalue weighted by Gasteiger charge is -2.17. The zero-order valence-electron chi connectivity index (χ0n) is 12.1. The maximum Gasteiger partial charge on any atom is 0.134 e. The Labute approximate surface area is 126 Å². The lowest BCUT2D eigenvalue weighted by molar-refractivity contribution is 0.307. The Morgan fingerprint density at radius 1 is 1.40 bits per heavy atom. The average molecular weight is 295 g/mol. The number of nitrogens with two attached hydrogens (primary N) is 1. The lowest BCUT2D eigenvalue weighted by Crippen LogP contribution is -2.29. The van der Waals surface area contributed by atoms with Gasteiger partial charge in [0.15, 0.2) is 0 Å². The van der Waals surface area contributed by atoms with E-state index in [0.717, 1.165) is 31.0 Å². The molecule has 3 rings (SSSR count). The minimum absolute atomic E-state index is 0. The molecule has 0 aliphatic carbocycles. The number of nitrogens with zero attached hydrogens (tertiary/aromatic N) is 1. The molecular weight excluding hydrogens is 272 g/mol. The van der Waals surface area contributed by atoms with Gasteiger partial charge in [0.25, 0.3) is 0 Å². The highest BCUT2D eigenvalue weighted by molar-refractivity contribution is 5.85. The molecular formula is C16H23ClN2O. The standard InChI is InChI=1S/C16H22N2O.ClH/c1-11(17)13-7-8-18(9-13)10-15-12(2)19-16-6-4-3-5-14(15)16;/h3-6,11,13H,7-10,17H2,1-2H3;1H. The van der Waals surface area contributed by atoms with Crippen LogP contribution in [0.5, 0.6) is 0 Å². The maximum atomic E-state index is 6.01. The van der Waals surface area contributed by atoms with Crippen LogP contribution in [0.1, 0.15) is 24.7 Å². The molecule has 110 valence electrons. The minimum atomic E-state index is 0. The first-order chi connectivity index (χ1) is 9.15. The van der Waals surface area contributed by atoms with Crippen molar-refractivity contribution in [1.29, 1.82) is 0 Å². The highest BCUT2D eigenvalue weighted by atomic mass is 35.5. The Balaban J connectivity index is 0.00000147. The maximum absolute atomic E-state index is 6.01. The molecule has 3 nitrogen and oxygen atoms in total. The quantitative estimate of drug-likeness (QED) is 0.944. The molecule has 1 aromatic carbocycles. The summed E-state index contributed by atoms with van der Waals surface area (Å²) < 4.78 is 5.83. The van der Waals surface area contributed by atoms with Crippen molar-refractivity contribution in [3.63, 3.8) is 0 Å². The van der Waals surface area contributed by atoms with E-state index >= 15 is 0 Å². The molecule has 0 saturated carbocycles. The highest BCUT2D eigenvalue weighted by Gasteiger charge is 2.26. The van der Waals surface area contributed by atoms with Crippen LogP contribution in [0.25, 0.3) is 11.0 Å². The van der Waals surface area contributed by atoms with Crippen LogP contribution in [-0.2, 0) is 6.54 Å². The number of para-hydroxylation sites is 1. The largest absolute Gasteiger partial charge is 0.461 e. The Bertz CT molecular complexity index is 579. The third kappa shape index (κ3) is 2.85. The summed E-state index contributed by atoms with van der Waals surface area (Å²) in [4.78, 5) is 2.50. The van der Waals surface area contributed by atoms with Gasteiger partial charge in [-0.15, -0.1) is 12.4 Å². The van der Waals surface area contributed by atoms with Crippen molar-refractivity contribution in [3.8, 4) is 0 Å². The first-order valence-electron chi connectivity index (χ1n) is 7.10. The molecule has 1 aliphatic rings. The Kier molecular flexibility index (Phi) is 4.74. The fourth-order valence-electron chi connectivity index (χ4n) is 3.08.